The summed E-state index contributed by atoms with van der Waals surface area (Å²) in [4.78, 5) is 14.5. The summed E-state index contributed by atoms with van der Waals surface area (Å²) >= 11 is 0. The van der Waals surface area contributed by atoms with E-state index < -0.39 is 0 Å². The molecule has 2 aromatic carbocycles. The summed E-state index contributed by atoms with van der Waals surface area (Å²) in [6.45, 7) is 3.44. The molecule has 1 atom stereocenters. The van der Waals surface area contributed by atoms with Crippen molar-refractivity contribution in [3.05, 3.63) is 83.6 Å². The van der Waals surface area contributed by atoms with Gasteiger partial charge in [-0.3, -0.25) is 4.79 Å². The summed E-state index contributed by atoms with van der Waals surface area (Å²) in [5.41, 5.74) is 2.64. The van der Waals surface area contributed by atoms with Crippen LogP contribution in [-0.2, 0) is 11.2 Å². The van der Waals surface area contributed by atoms with Crippen molar-refractivity contribution in [3.8, 4) is 6.07 Å². The van der Waals surface area contributed by atoms with Crippen molar-refractivity contribution in [3.63, 3.8) is 0 Å². The first-order chi connectivity index (χ1) is 13.7. The number of nitriles is 1. The number of carbonyl (C=O) groups is 1. The zero-order chi connectivity index (χ0) is 19.8. The Morgan fingerprint density at radius 3 is 2.36 bits per heavy atom. The number of nitrogens with zero attached hydrogens (tertiary/aromatic N) is 2. The van der Waals surface area contributed by atoms with Crippen LogP contribution >= 0.6 is 0 Å². The minimum Gasteiger partial charge on any atom is -0.383 e. The fourth-order valence-electron chi connectivity index (χ4n) is 3.65. The van der Waals surface area contributed by atoms with Gasteiger partial charge in [-0.2, -0.15) is 5.26 Å². The van der Waals surface area contributed by atoms with Crippen molar-refractivity contribution in [2.45, 2.75) is 32.2 Å². The van der Waals surface area contributed by atoms with Crippen LogP contribution in [0, 0.1) is 17.2 Å². The second-order valence-corrected chi connectivity index (χ2v) is 7.39. The van der Waals surface area contributed by atoms with Crippen molar-refractivity contribution in [2.24, 2.45) is 5.92 Å². The van der Waals surface area contributed by atoms with Crippen LogP contribution in [-0.4, -0.2) is 23.9 Å². The van der Waals surface area contributed by atoms with E-state index in [-0.39, 0.29) is 17.5 Å². The van der Waals surface area contributed by atoms with E-state index in [1.54, 1.807) is 6.20 Å². The summed E-state index contributed by atoms with van der Waals surface area (Å²) < 4.78 is 0. The van der Waals surface area contributed by atoms with E-state index in [1.807, 2.05) is 48.2 Å². The lowest BCUT2D eigenvalue weighted by atomic mass is 9.90. The molecule has 1 N–H and O–H groups in total. The van der Waals surface area contributed by atoms with Gasteiger partial charge in [0.25, 0.3) is 5.91 Å². The van der Waals surface area contributed by atoms with Crippen LogP contribution in [0.15, 0.2) is 72.4 Å². The zero-order valence-electron chi connectivity index (χ0n) is 16.3. The largest absolute Gasteiger partial charge is 0.383 e. The molecule has 144 valence electrons. The van der Waals surface area contributed by atoms with Crippen molar-refractivity contribution < 1.29 is 4.79 Å². The van der Waals surface area contributed by atoms with Gasteiger partial charge in [0.15, 0.2) is 0 Å². The Labute approximate surface area is 167 Å². The Hall–Kier alpha value is -3.06. The second kappa shape index (κ2) is 9.75. The molecule has 0 spiro atoms. The molecule has 3 rings (SSSR count). The number of hydrogen-bond acceptors (Lipinski definition) is 3. The summed E-state index contributed by atoms with van der Waals surface area (Å²) in [6.07, 6.45) is 4.58. The maximum atomic E-state index is 12.7. The van der Waals surface area contributed by atoms with Gasteiger partial charge >= 0.3 is 0 Å². The Bertz CT molecular complexity index is 831. The number of amides is 1. The Balaban J connectivity index is 1.53. The molecule has 1 aliphatic heterocycles. The SMILES string of the molecule is CC(N/C=C(/C#N)C(=O)N1CCC(Cc2ccccc2)CC1)c1ccccc1. The average molecular weight is 374 g/mol. The second-order valence-electron chi connectivity index (χ2n) is 7.39. The molecule has 0 aromatic heterocycles. The number of piperidine rings is 1. The lowest BCUT2D eigenvalue weighted by Gasteiger charge is -2.32. The molecule has 0 bridgehead atoms. The van der Waals surface area contributed by atoms with Gasteiger partial charge in [-0.15, -0.1) is 0 Å². The number of rotatable bonds is 6. The smallest absolute Gasteiger partial charge is 0.265 e. The van der Waals surface area contributed by atoms with Crippen LogP contribution in [0.4, 0.5) is 0 Å². The van der Waals surface area contributed by atoms with E-state index in [4.69, 9.17) is 0 Å². The number of carbonyl (C=O) groups excluding carboxylic acids is 1. The van der Waals surface area contributed by atoms with E-state index >= 15 is 0 Å². The lowest BCUT2D eigenvalue weighted by molar-refractivity contribution is -0.128. The van der Waals surface area contributed by atoms with E-state index in [0.717, 1.165) is 24.8 Å². The number of benzene rings is 2. The molecule has 28 heavy (non-hydrogen) atoms. The van der Waals surface area contributed by atoms with Gasteiger partial charge in [0.1, 0.15) is 11.6 Å². The third-order valence-corrected chi connectivity index (χ3v) is 5.40. The number of hydrogen-bond donors (Lipinski definition) is 1. The highest BCUT2D eigenvalue weighted by atomic mass is 16.2. The van der Waals surface area contributed by atoms with Crippen LogP contribution in [0.5, 0.6) is 0 Å². The molecular weight excluding hydrogens is 346 g/mol. The van der Waals surface area contributed by atoms with Crippen molar-refractivity contribution in [1.82, 2.24) is 10.2 Å². The third-order valence-electron chi connectivity index (χ3n) is 5.40. The van der Waals surface area contributed by atoms with Crippen LogP contribution < -0.4 is 5.32 Å². The minimum atomic E-state index is -0.173. The van der Waals surface area contributed by atoms with E-state index in [0.29, 0.717) is 19.0 Å². The fourth-order valence-corrected chi connectivity index (χ4v) is 3.65. The van der Waals surface area contributed by atoms with Gasteiger partial charge < -0.3 is 10.2 Å². The van der Waals surface area contributed by atoms with Crippen LogP contribution in [0.25, 0.3) is 0 Å². The lowest BCUT2D eigenvalue weighted by Crippen LogP contribution is -2.39. The Kier molecular flexibility index (Phi) is 6.86. The monoisotopic (exact) mass is 373 g/mol. The predicted molar refractivity (Wildman–Crippen MR) is 111 cm³/mol. The van der Waals surface area contributed by atoms with Gasteiger partial charge in [0, 0.05) is 25.3 Å². The van der Waals surface area contributed by atoms with Crippen LogP contribution in [0.2, 0.25) is 0 Å². The molecular formula is C24H27N3O. The van der Waals surface area contributed by atoms with Gasteiger partial charge in [0.2, 0.25) is 0 Å². The summed E-state index contributed by atoms with van der Waals surface area (Å²) in [5, 5.41) is 12.6. The molecule has 1 amide bonds. The maximum Gasteiger partial charge on any atom is 0.265 e. The van der Waals surface area contributed by atoms with Crippen LogP contribution in [0.1, 0.15) is 36.9 Å². The zero-order valence-corrected chi connectivity index (χ0v) is 16.3. The first kappa shape index (κ1) is 19.7. The summed E-state index contributed by atoms with van der Waals surface area (Å²) in [7, 11) is 0. The van der Waals surface area contributed by atoms with E-state index in [1.165, 1.54) is 5.56 Å². The molecule has 1 fully saturated rings. The van der Waals surface area contributed by atoms with Crippen molar-refractivity contribution >= 4 is 5.91 Å². The molecule has 0 aliphatic carbocycles. The van der Waals surface area contributed by atoms with Gasteiger partial charge in [-0.05, 0) is 43.2 Å². The highest BCUT2D eigenvalue weighted by Gasteiger charge is 2.25. The third kappa shape index (κ3) is 5.23. The van der Waals surface area contributed by atoms with Crippen molar-refractivity contribution in [1.29, 1.82) is 5.26 Å². The summed E-state index contributed by atoms with van der Waals surface area (Å²) in [6, 6.07) is 22.6. The molecule has 2 aromatic rings. The predicted octanol–water partition coefficient (Wildman–Crippen LogP) is 4.23. The highest BCUT2D eigenvalue weighted by molar-refractivity contribution is 5.97. The Morgan fingerprint density at radius 1 is 1.14 bits per heavy atom. The minimum absolute atomic E-state index is 0.0361. The first-order valence-electron chi connectivity index (χ1n) is 9.92. The molecule has 0 radical (unpaired) electrons. The quantitative estimate of drug-likeness (QED) is 0.609. The summed E-state index contributed by atoms with van der Waals surface area (Å²) in [5.74, 6) is 0.422. The van der Waals surface area contributed by atoms with Gasteiger partial charge in [0.05, 0.1) is 0 Å². The number of nitrogens with one attached hydrogen (secondary N) is 1. The average Bonchev–Trinajstić information content (AvgIpc) is 2.75. The molecule has 1 heterocycles. The first-order valence-corrected chi connectivity index (χ1v) is 9.92. The normalized spacial score (nSPS) is 16.3. The highest BCUT2D eigenvalue weighted by Crippen LogP contribution is 2.22. The van der Waals surface area contributed by atoms with Crippen molar-refractivity contribution in [2.75, 3.05) is 13.1 Å². The maximum absolute atomic E-state index is 12.7. The van der Waals surface area contributed by atoms with E-state index in [9.17, 15) is 10.1 Å². The number of likely N-dealkylation sites (tertiary alicyclic amines) is 1. The standard InChI is InChI=1S/C24H27N3O/c1-19(22-10-6-3-7-11-22)26-18-23(17-25)24(28)27-14-12-21(13-15-27)16-20-8-4-2-5-9-20/h2-11,18-19,21,26H,12-16H2,1H3/b23-18-. The van der Waals surface area contributed by atoms with Gasteiger partial charge in [-0.1, -0.05) is 60.7 Å². The molecule has 1 unspecified atom stereocenters. The molecule has 0 saturated carbocycles. The van der Waals surface area contributed by atoms with Gasteiger partial charge in [-0.25, -0.2) is 0 Å². The van der Waals surface area contributed by atoms with Crippen LogP contribution in [0.3, 0.4) is 0 Å². The fraction of sp³-hybridized carbons (Fsp3) is 0.333. The molecule has 4 nitrogen and oxygen atoms in total. The topological polar surface area (TPSA) is 56.1 Å². The molecule has 4 heteroatoms. The molecule has 1 saturated heterocycles. The van der Waals surface area contributed by atoms with E-state index in [2.05, 4.69) is 35.7 Å². The Morgan fingerprint density at radius 2 is 1.75 bits per heavy atom. The molecule has 1 aliphatic rings.